The van der Waals surface area contributed by atoms with Crippen molar-refractivity contribution in [3.05, 3.63) is 16.5 Å². The van der Waals surface area contributed by atoms with E-state index in [0.29, 0.717) is 11.3 Å². The Bertz CT molecular complexity index is 465. The van der Waals surface area contributed by atoms with E-state index in [1.807, 2.05) is 6.92 Å². The van der Waals surface area contributed by atoms with Gasteiger partial charge in [-0.3, -0.25) is 0 Å². The molecule has 1 aromatic heterocycles. The molecule has 0 amide bonds. The average molecular weight is 298 g/mol. The number of ether oxygens (including phenoxy) is 1. The summed E-state index contributed by atoms with van der Waals surface area (Å²) < 4.78 is 5.62. The van der Waals surface area contributed by atoms with Gasteiger partial charge in [-0.2, -0.15) is 0 Å². The number of nitrogens with zero attached hydrogens (tertiary/aromatic N) is 2. The molecule has 1 aliphatic heterocycles. The minimum absolute atomic E-state index is 0.109. The molecule has 0 radical (unpaired) electrons. The van der Waals surface area contributed by atoms with E-state index in [1.165, 1.54) is 12.8 Å². The molecule has 2 heterocycles. The second kappa shape index (κ2) is 6.27. The summed E-state index contributed by atoms with van der Waals surface area (Å²) in [5.74, 6) is 1.61. The van der Waals surface area contributed by atoms with Crippen LogP contribution in [0, 0.1) is 6.92 Å². The van der Waals surface area contributed by atoms with Crippen LogP contribution in [0.5, 0.6) is 0 Å². The maximum absolute atomic E-state index is 6.22. The molecule has 0 spiro atoms. The molecule has 0 saturated carbocycles. The molecule has 1 aliphatic rings. The Morgan fingerprint density at radius 3 is 2.70 bits per heavy atom. The Kier molecular flexibility index (Phi) is 4.86. The van der Waals surface area contributed by atoms with E-state index in [9.17, 15) is 0 Å². The second-order valence-electron chi connectivity index (χ2n) is 6.41. The van der Waals surface area contributed by atoms with E-state index in [4.69, 9.17) is 16.3 Å². The van der Waals surface area contributed by atoms with Gasteiger partial charge in [0, 0.05) is 24.1 Å². The van der Waals surface area contributed by atoms with Crippen molar-refractivity contribution in [3.8, 4) is 0 Å². The van der Waals surface area contributed by atoms with Gasteiger partial charge in [0.15, 0.2) is 0 Å². The lowest BCUT2D eigenvalue weighted by Gasteiger charge is -2.19. The van der Waals surface area contributed by atoms with E-state index in [1.54, 1.807) is 0 Å². The molecule has 1 aromatic rings. The summed E-state index contributed by atoms with van der Waals surface area (Å²) in [4.78, 5) is 9.00. The van der Waals surface area contributed by atoms with Gasteiger partial charge >= 0.3 is 0 Å². The van der Waals surface area contributed by atoms with Gasteiger partial charge in [-0.25, -0.2) is 9.97 Å². The molecule has 0 aromatic carbocycles. The van der Waals surface area contributed by atoms with Crippen molar-refractivity contribution in [2.75, 3.05) is 18.5 Å². The number of halogens is 1. The Labute approximate surface area is 126 Å². The van der Waals surface area contributed by atoms with Crippen molar-refractivity contribution < 1.29 is 4.74 Å². The third-order valence-corrected chi connectivity index (χ3v) is 3.91. The van der Waals surface area contributed by atoms with Crippen LogP contribution in [0.1, 0.15) is 51.4 Å². The van der Waals surface area contributed by atoms with Gasteiger partial charge in [0.05, 0.1) is 6.10 Å². The van der Waals surface area contributed by atoms with Crippen LogP contribution in [-0.2, 0) is 10.2 Å². The Balaban J connectivity index is 2.04. The second-order valence-corrected chi connectivity index (χ2v) is 6.77. The first kappa shape index (κ1) is 15.5. The quantitative estimate of drug-likeness (QED) is 0.861. The first-order valence-electron chi connectivity index (χ1n) is 7.28. The average Bonchev–Trinajstić information content (AvgIpc) is 2.86. The summed E-state index contributed by atoms with van der Waals surface area (Å²) in [5, 5.41) is 3.91. The molecule has 1 N–H and O–H groups in total. The molecule has 1 unspecified atom stereocenters. The van der Waals surface area contributed by atoms with Crippen LogP contribution in [0.2, 0.25) is 5.15 Å². The maximum Gasteiger partial charge on any atom is 0.137 e. The van der Waals surface area contributed by atoms with Gasteiger partial charge in [-0.15, -0.1) is 0 Å². The predicted octanol–water partition coefficient (Wildman–Crippen LogP) is 3.72. The fraction of sp³-hybridized carbons (Fsp3) is 0.733. The highest BCUT2D eigenvalue weighted by molar-refractivity contribution is 6.30. The zero-order chi connectivity index (χ0) is 14.8. The molecular formula is C15H24ClN3O. The lowest BCUT2D eigenvalue weighted by molar-refractivity contribution is 0.107. The highest BCUT2D eigenvalue weighted by atomic mass is 35.5. The van der Waals surface area contributed by atoms with E-state index in [2.05, 4.69) is 36.1 Å². The first-order chi connectivity index (χ1) is 9.38. The fourth-order valence-corrected chi connectivity index (χ4v) is 2.39. The molecular weight excluding hydrogens is 274 g/mol. The molecule has 1 saturated heterocycles. The summed E-state index contributed by atoms with van der Waals surface area (Å²) in [6.07, 6.45) is 3.74. The third kappa shape index (κ3) is 3.83. The number of hydrogen-bond donors (Lipinski definition) is 1. The van der Waals surface area contributed by atoms with Crippen molar-refractivity contribution in [1.29, 1.82) is 0 Å². The Hall–Kier alpha value is -0.870. The maximum atomic E-state index is 6.22. The molecule has 1 fully saturated rings. The van der Waals surface area contributed by atoms with Gasteiger partial charge in [-0.05, 0) is 26.2 Å². The predicted molar refractivity (Wildman–Crippen MR) is 82.6 cm³/mol. The molecule has 5 heteroatoms. The van der Waals surface area contributed by atoms with Gasteiger partial charge in [0.25, 0.3) is 0 Å². The minimum Gasteiger partial charge on any atom is -0.378 e. The summed E-state index contributed by atoms with van der Waals surface area (Å²) in [7, 11) is 0. The molecule has 1 atom stereocenters. The van der Waals surface area contributed by atoms with E-state index >= 15 is 0 Å². The summed E-state index contributed by atoms with van der Waals surface area (Å²) in [6.45, 7) is 9.96. The van der Waals surface area contributed by atoms with Crippen molar-refractivity contribution in [1.82, 2.24) is 9.97 Å². The van der Waals surface area contributed by atoms with Gasteiger partial charge in [0.1, 0.15) is 16.8 Å². The Morgan fingerprint density at radius 1 is 1.35 bits per heavy atom. The van der Waals surface area contributed by atoms with Crippen molar-refractivity contribution in [2.24, 2.45) is 0 Å². The number of hydrogen-bond acceptors (Lipinski definition) is 4. The van der Waals surface area contributed by atoms with Crippen LogP contribution in [0.3, 0.4) is 0 Å². The molecule has 2 rings (SSSR count). The highest BCUT2D eigenvalue weighted by Crippen LogP contribution is 2.26. The number of aromatic nitrogens is 2. The van der Waals surface area contributed by atoms with Crippen LogP contribution in [-0.4, -0.2) is 29.2 Å². The molecule has 0 aliphatic carbocycles. The van der Waals surface area contributed by atoms with E-state index < -0.39 is 0 Å². The highest BCUT2D eigenvalue weighted by Gasteiger charge is 2.21. The zero-order valence-corrected chi connectivity index (χ0v) is 13.5. The first-order valence-corrected chi connectivity index (χ1v) is 7.66. The lowest BCUT2D eigenvalue weighted by Crippen LogP contribution is -2.19. The minimum atomic E-state index is -0.109. The molecule has 20 heavy (non-hydrogen) atoms. The van der Waals surface area contributed by atoms with Crippen LogP contribution in [0.25, 0.3) is 0 Å². The normalized spacial score (nSPS) is 19.4. The third-order valence-electron chi connectivity index (χ3n) is 3.54. The van der Waals surface area contributed by atoms with Gasteiger partial charge in [0.2, 0.25) is 0 Å². The summed E-state index contributed by atoms with van der Waals surface area (Å²) in [5.41, 5.74) is 0.800. The van der Waals surface area contributed by atoms with E-state index in [0.717, 1.165) is 36.8 Å². The van der Waals surface area contributed by atoms with Gasteiger partial charge < -0.3 is 10.1 Å². The SMILES string of the molecule is Cc1c(Cl)nc(C(C)(C)C)nc1NCCC1CCCO1. The van der Waals surface area contributed by atoms with Crippen LogP contribution < -0.4 is 5.32 Å². The zero-order valence-electron chi connectivity index (χ0n) is 12.8. The monoisotopic (exact) mass is 297 g/mol. The Morgan fingerprint density at radius 2 is 2.10 bits per heavy atom. The van der Waals surface area contributed by atoms with Crippen LogP contribution in [0.4, 0.5) is 5.82 Å². The number of anilines is 1. The van der Waals surface area contributed by atoms with Gasteiger partial charge in [-0.1, -0.05) is 32.4 Å². The van der Waals surface area contributed by atoms with Crippen molar-refractivity contribution in [2.45, 2.75) is 58.5 Å². The van der Waals surface area contributed by atoms with Crippen LogP contribution in [0.15, 0.2) is 0 Å². The molecule has 112 valence electrons. The smallest absolute Gasteiger partial charge is 0.137 e. The standard InChI is InChI=1S/C15H24ClN3O/c1-10-12(16)18-14(15(2,3)4)19-13(10)17-8-7-11-6-5-9-20-11/h11H,5-9H2,1-4H3,(H,17,18,19). The lowest BCUT2D eigenvalue weighted by atomic mass is 9.95. The summed E-state index contributed by atoms with van der Waals surface area (Å²) >= 11 is 6.22. The summed E-state index contributed by atoms with van der Waals surface area (Å²) in [6, 6.07) is 0. The van der Waals surface area contributed by atoms with Crippen LogP contribution >= 0.6 is 11.6 Å². The fourth-order valence-electron chi connectivity index (χ4n) is 2.22. The van der Waals surface area contributed by atoms with E-state index in [-0.39, 0.29) is 5.41 Å². The largest absolute Gasteiger partial charge is 0.378 e. The topological polar surface area (TPSA) is 47.0 Å². The van der Waals surface area contributed by atoms with Crippen molar-refractivity contribution >= 4 is 17.4 Å². The number of rotatable bonds is 4. The van der Waals surface area contributed by atoms with Crippen molar-refractivity contribution in [3.63, 3.8) is 0 Å². The molecule has 0 bridgehead atoms. The molecule has 4 nitrogen and oxygen atoms in total. The number of nitrogens with one attached hydrogen (secondary N) is 1.